The highest BCUT2D eigenvalue weighted by Crippen LogP contribution is 2.23. The molecule has 0 aromatic heterocycles. The molecule has 1 heterocycles. The van der Waals surface area contributed by atoms with Gasteiger partial charge in [-0.2, -0.15) is 0 Å². The second-order valence-corrected chi connectivity index (χ2v) is 6.94. The molecular weight excluding hydrogens is 547 g/mol. The average molecular weight is 555 g/mol. The molecule has 1 amide bonds. The van der Waals surface area contributed by atoms with Crippen LogP contribution < -0.4 is 5.32 Å². The van der Waals surface area contributed by atoms with Crippen molar-refractivity contribution in [1.82, 2.24) is 5.32 Å². The maximum atomic E-state index is 12.0. The monoisotopic (exact) mass is 555 g/mol. The molecule has 1 saturated heterocycles. The number of rotatable bonds is 2. The molecule has 0 bridgehead atoms. The van der Waals surface area contributed by atoms with E-state index in [1.165, 1.54) is 0 Å². The van der Waals surface area contributed by atoms with Crippen LogP contribution in [0.3, 0.4) is 0 Å². The Morgan fingerprint density at radius 3 is 2.56 bits per heavy atom. The molecule has 1 N–H and O–H groups in total. The Morgan fingerprint density at radius 2 is 2.00 bits per heavy atom. The zero-order valence-electron chi connectivity index (χ0n) is 8.10. The molecule has 6 heteroatoms. The Hall–Kier alpha value is 0.840. The molecule has 0 atom stereocenters. The fraction of sp³-hybridized carbons (Fsp3) is 0.300. The highest BCUT2D eigenvalue weighted by atomic mass is 127. The van der Waals surface area contributed by atoms with E-state index in [1.807, 2.05) is 6.07 Å². The summed E-state index contributed by atoms with van der Waals surface area (Å²) in [5.74, 6) is -0.00543. The van der Waals surface area contributed by atoms with Crippen LogP contribution in [0.4, 0.5) is 0 Å². The lowest BCUT2D eigenvalue weighted by Crippen LogP contribution is -2.48. The maximum absolute atomic E-state index is 12.0. The van der Waals surface area contributed by atoms with Gasteiger partial charge in [-0.1, -0.05) is 0 Å². The summed E-state index contributed by atoms with van der Waals surface area (Å²) in [5.41, 5.74) is 0.754. The van der Waals surface area contributed by atoms with Gasteiger partial charge in [-0.25, -0.2) is 0 Å². The van der Waals surface area contributed by atoms with E-state index < -0.39 is 0 Å². The summed E-state index contributed by atoms with van der Waals surface area (Å²) >= 11 is 6.68. The first-order chi connectivity index (χ1) is 7.58. The first-order valence-electron chi connectivity index (χ1n) is 4.61. The predicted octanol–water partition coefficient (Wildman–Crippen LogP) is 2.63. The quantitative estimate of drug-likeness (QED) is 0.451. The summed E-state index contributed by atoms with van der Waals surface area (Å²) in [6, 6.07) is 4.16. The Balaban J connectivity index is 2.21. The lowest BCUT2D eigenvalue weighted by atomic mass is 10.2. The van der Waals surface area contributed by atoms with E-state index >= 15 is 0 Å². The van der Waals surface area contributed by atoms with E-state index in [-0.39, 0.29) is 11.9 Å². The second-order valence-electron chi connectivity index (χ2n) is 3.46. The highest BCUT2D eigenvalue weighted by molar-refractivity contribution is 14.1. The van der Waals surface area contributed by atoms with Crippen molar-refractivity contribution in [1.29, 1.82) is 0 Å². The van der Waals surface area contributed by atoms with Gasteiger partial charge in [0, 0.05) is 10.7 Å². The largest absolute Gasteiger partial charge is 0.377 e. The van der Waals surface area contributed by atoms with E-state index in [4.69, 9.17) is 4.74 Å². The molecule has 1 fully saturated rings. The third-order valence-electron chi connectivity index (χ3n) is 2.21. The number of amides is 1. The van der Waals surface area contributed by atoms with Gasteiger partial charge in [-0.05, 0) is 79.9 Å². The molecule has 16 heavy (non-hydrogen) atoms. The van der Waals surface area contributed by atoms with Crippen molar-refractivity contribution in [3.8, 4) is 0 Å². The number of benzene rings is 1. The minimum absolute atomic E-state index is 0.00543. The molecule has 0 spiro atoms. The first kappa shape index (κ1) is 13.3. The lowest BCUT2D eigenvalue weighted by molar-refractivity contribution is -0.00348. The smallest absolute Gasteiger partial charge is 0.252 e. The van der Waals surface area contributed by atoms with Crippen molar-refractivity contribution in [3.63, 3.8) is 0 Å². The summed E-state index contributed by atoms with van der Waals surface area (Å²) in [7, 11) is 0. The van der Waals surface area contributed by atoms with Gasteiger partial charge in [0.1, 0.15) is 0 Å². The fourth-order valence-electron chi connectivity index (χ4n) is 1.30. The molecule has 1 aromatic carbocycles. The van der Waals surface area contributed by atoms with Crippen LogP contribution in [-0.2, 0) is 4.74 Å². The summed E-state index contributed by atoms with van der Waals surface area (Å²) < 4.78 is 8.23. The third kappa shape index (κ3) is 2.99. The van der Waals surface area contributed by atoms with E-state index in [1.54, 1.807) is 0 Å². The van der Waals surface area contributed by atoms with Gasteiger partial charge in [0.05, 0.1) is 24.8 Å². The van der Waals surface area contributed by atoms with Crippen LogP contribution in [0, 0.1) is 10.7 Å². The minimum atomic E-state index is -0.00543. The highest BCUT2D eigenvalue weighted by Gasteiger charge is 2.22. The number of hydrogen-bond donors (Lipinski definition) is 1. The number of ether oxygens (including phenoxy) is 1. The van der Waals surface area contributed by atoms with E-state index in [0.717, 1.165) is 16.3 Å². The van der Waals surface area contributed by atoms with E-state index in [2.05, 4.69) is 79.2 Å². The predicted molar refractivity (Wildman–Crippen MR) is 86.7 cm³/mol. The average Bonchev–Trinajstić information content (AvgIpc) is 2.17. The molecular formula is C10H8I3NO2. The number of carbonyl (C=O) groups excluding carboxylic acids is 1. The topological polar surface area (TPSA) is 38.3 Å². The van der Waals surface area contributed by atoms with Crippen molar-refractivity contribution in [2.75, 3.05) is 13.2 Å². The number of nitrogens with one attached hydrogen (secondary N) is 1. The summed E-state index contributed by atoms with van der Waals surface area (Å²) in [6.07, 6.45) is 0. The maximum Gasteiger partial charge on any atom is 0.252 e. The Kier molecular flexibility index (Phi) is 4.69. The molecule has 86 valence electrons. The van der Waals surface area contributed by atoms with Crippen LogP contribution in [0.25, 0.3) is 0 Å². The normalized spacial score (nSPS) is 15.7. The number of hydrogen-bond acceptors (Lipinski definition) is 2. The molecule has 0 unspecified atom stereocenters. The fourth-order valence-corrected chi connectivity index (χ4v) is 3.70. The molecule has 3 nitrogen and oxygen atoms in total. The van der Waals surface area contributed by atoms with Gasteiger partial charge < -0.3 is 10.1 Å². The molecule has 0 radical (unpaired) electrons. The first-order valence-corrected chi connectivity index (χ1v) is 7.84. The van der Waals surface area contributed by atoms with Crippen LogP contribution in [0.5, 0.6) is 0 Å². The third-order valence-corrected chi connectivity index (χ3v) is 5.88. The number of carbonyl (C=O) groups is 1. The van der Waals surface area contributed by atoms with Crippen molar-refractivity contribution >= 4 is 73.7 Å². The van der Waals surface area contributed by atoms with Crippen LogP contribution in [0.2, 0.25) is 0 Å². The van der Waals surface area contributed by atoms with Gasteiger partial charge in [-0.3, -0.25) is 4.79 Å². The summed E-state index contributed by atoms with van der Waals surface area (Å²) in [4.78, 5) is 12.0. The zero-order chi connectivity index (χ0) is 11.7. The van der Waals surface area contributed by atoms with Gasteiger partial charge in [0.25, 0.3) is 5.91 Å². The SMILES string of the molecule is O=C(NC1COC1)c1cc(I)cc(I)c1I. The minimum Gasteiger partial charge on any atom is -0.377 e. The van der Waals surface area contributed by atoms with Crippen LogP contribution in [0.1, 0.15) is 10.4 Å². The number of halogens is 3. The van der Waals surface area contributed by atoms with Crippen molar-refractivity contribution in [3.05, 3.63) is 28.4 Å². The van der Waals surface area contributed by atoms with E-state index in [9.17, 15) is 4.79 Å². The summed E-state index contributed by atoms with van der Waals surface area (Å²) in [6.45, 7) is 1.26. The summed E-state index contributed by atoms with van der Waals surface area (Å²) in [5, 5.41) is 2.95. The second kappa shape index (κ2) is 5.65. The van der Waals surface area contributed by atoms with Crippen molar-refractivity contribution in [2.24, 2.45) is 0 Å². The van der Waals surface area contributed by atoms with Gasteiger partial charge in [-0.15, -0.1) is 0 Å². The van der Waals surface area contributed by atoms with Crippen LogP contribution >= 0.6 is 67.8 Å². The standard InChI is InChI=1S/C10H8I3NO2/c11-5-1-7(9(13)8(12)2-5)10(15)14-6-3-16-4-6/h1-2,6H,3-4H2,(H,14,15). The Morgan fingerprint density at radius 1 is 1.31 bits per heavy atom. The van der Waals surface area contributed by atoms with Crippen LogP contribution in [-0.4, -0.2) is 25.2 Å². The Labute approximate surface area is 134 Å². The molecule has 2 rings (SSSR count). The molecule has 1 aliphatic heterocycles. The van der Waals surface area contributed by atoms with Gasteiger partial charge in [0.15, 0.2) is 0 Å². The van der Waals surface area contributed by atoms with Gasteiger partial charge >= 0.3 is 0 Å². The van der Waals surface area contributed by atoms with Gasteiger partial charge in [0.2, 0.25) is 0 Å². The molecule has 0 aliphatic carbocycles. The Bertz CT molecular complexity index is 432. The van der Waals surface area contributed by atoms with Crippen molar-refractivity contribution in [2.45, 2.75) is 6.04 Å². The van der Waals surface area contributed by atoms with Crippen LogP contribution in [0.15, 0.2) is 12.1 Å². The molecule has 1 aliphatic rings. The molecule has 0 saturated carbocycles. The van der Waals surface area contributed by atoms with Crippen molar-refractivity contribution < 1.29 is 9.53 Å². The van der Waals surface area contributed by atoms with E-state index in [0.29, 0.717) is 13.2 Å². The lowest BCUT2D eigenvalue weighted by Gasteiger charge is -2.27. The zero-order valence-corrected chi connectivity index (χ0v) is 14.6. The molecule has 1 aromatic rings.